The molecule has 1 amide bonds. The Bertz CT molecular complexity index is 1340. The van der Waals surface area contributed by atoms with Crippen LogP contribution in [0.1, 0.15) is 39.6 Å². The molecule has 3 N–H and O–H groups in total. The molecular formula is C21H25N11O. The lowest BCUT2D eigenvalue weighted by molar-refractivity contribution is -0.129. The molecule has 0 atom stereocenters. The van der Waals surface area contributed by atoms with Gasteiger partial charge >= 0.3 is 0 Å². The van der Waals surface area contributed by atoms with Crippen LogP contribution in [-0.2, 0) is 10.3 Å². The lowest BCUT2D eigenvalue weighted by Crippen LogP contribution is -2.42. The van der Waals surface area contributed by atoms with Crippen molar-refractivity contribution in [3.05, 3.63) is 42.7 Å². The van der Waals surface area contributed by atoms with E-state index >= 15 is 0 Å². The molecule has 0 saturated heterocycles. The maximum atomic E-state index is 12.2. The standard InChI is InChI=1S/C21H25N11O/c1-12(2)32-13(3)26-15-10-24-18(8-16(15)32)27-17-6-7-23-19(28-17)14-9-25-31(11-14)21(4,5)20(33)29-30-22/h6-12H,1-5H3,(H2,22,29,33)(H,23,24,27,28). The van der Waals surface area contributed by atoms with E-state index in [1.165, 1.54) is 4.68 Å². The van der Waals surface area contributed by atoms with E-state index in [9.17, 15) is 4.79 Å². The first-order valence-corrected chi connectivity index (χ1v) is 10.4. The second-order valence-corrected chi connectivity index (χ2v) is 8.36. The molecule has 4 heterocycles. The van der Waals surface area contributed by atoms with Crippen LogP contribution in [-0.4, -0.2) is 40.2 Å². The zero-order chi connectivity index (χ0) is 23.8. The Balaban J connectivity index is 1.61. The summed E-state index contributed by atoms with van der Waals surface area (Å²) in [7, 11) is 0. The zero-order valence-electron chi connectivity index (χ0n) is 19.0. The maximum Gasteiger partial charge on any atom is 0.268 e. The van der Waals surface area contributed by atoms with E-state index in [1.807, 2.05) is 13.0 Å². The maximum absolute atomic E-state index is 12.2. The number of imidazole rings is 1. The number of carbonyl (C=O) groups excluding carboxylic acids is 1. The van der Waals surface area contributed by atoms with Gasteiger partial charge in [0, 0.05) is 24.5 Å². The first-order valence-electron chi connectivity index (χ1n) is 10.4. The monoisotopic (exact) mass is 447 g/mol. The van der Waals surface area contributed by atoms with Crippen molar-refractivity contribution in [3.63, 3.8) is 0 Å². The van der Waals surface area contributed by atoms with Crippen molar-refractivity contribution in [2.24, 2.45) is 5.22 Å². The minimum absolute atomic E-state index is 0.272. The van der Waals surface area contributed by atoms with Gasteiger partial charge in [-0.1, -0.05) is 5.22 Å². The number of nitrogens with zero attached hydrogens (tertiary/aromatic N) is 8. The number of aromatic nitrogens is 7. The van der Waals surface area contributed by atoms with Crippen LogP contribution in [0.15, 0.2) is 42.1 Å². The molecule has 0 bridgehead atoms. The summed E-state index contributed by atoms with van der Waals surface area (Å²) in [6.07, 6.45) is 6.64. The fourth-order valence-electron chi connectivity index (χ4n) is 3.57. The molecule has 0 fully saturated rings. The Kier molecular flexibility index (Phi) is 5.58. The summed E-state index contributed by atoms with van der Waals surface area (Å²) in [6, 6.07) is 3.97. The normalized spacial score (nSPS) is 11.7. The predicted molar refractivity (Wildman–Crippen MR) is 122 cm³/mol. The van der Waals surface area contributed by atoms with Crippen molar-refractivity contribution in [2.75, 3.05) is 5.32 Å². The van der Waals surface area contributed by atoms with Crippen molar-refractivity contribution in [3.8, 4) is 11.4 Å². The zero-order valence-corrected chi connectivity index (χ0v) is 19.0. The van der Waals surface area contributed by atoms with Crippen LogP contribution >= 0.6 is 0 Å². The molecule has 4 aromatic rings. The van der Waals surface area contributed by atoms with Gasteiger partial charge in [-0.2, -0.15) is 10.6 Å². The fraction of sp³-hybridized carbons (Fsp3) is 0.333. The van der Waals surface area contributed by atoms with Gasteiger partial charge in [0.2, 0.25) is 0 Å². The molecule has 0 aliphatic heterocycles. The quantitative estimate of drug-likeness (QED) is 0.289. The molecule has 0 aromatic carbocycles. The average molecular weight is 448 g/mol. The molecule has 0 saturated carbocycles. The number of nitrogens with one attached hydrogen (secondary N) is 3. The molecule has 12 heteroatoms. The topological polar surface area (TPSA) is 152 Å². The number of aryl methyl sites for hydroxylation is 1. The highest BCUT2D eigenvalue weighted by Gasteiger charge is 2.31. The van der Waals surface area contributed by atoms with Crippen LogP contribution in [0, 0.1) is 12.5 Å². The van der Waals surface area contributed by atoms with Crippen LogP contribution < -0.4 is 10.7 Å². The number of hydrogen-bond donors (Lipinski definition) is 3. The van der Waals surface area contributed by atoms with Gasteiger partial charge in [0.25, 0.3) is 5.91 Å². The number of amides is 1. The second kappa shape index (κ2) is 8.37. The van der Waals surface area contributed by atoms with Crippen LogP contribution in [0.4, 0.5) is 11.6 Å². The predicted octanol–water partition coefficient (Wildman–Crippen LogP) is 3.51. The van der Waals surface area contributed by atoms with E-state index < -0.39 is 11.4 Å². The van der Waals surface area contributed by atoms with E-state index in [-0.39, 0.29) is 6.04 Å². The summed E-state index contributed by atoms with van der Waals surface area (Å²) in [6.45, 7) is 9.57. The molecule has 33 heavy (non-hydrogen) atoms. The minimum Gasteiger partial charge on any atom is -0.326 e. The average Bonchev–Trinajstić information content (AvgIpc) is 3.38. The summed E-state index contributed by atoms with van der Waals surface area (Å²) in [4.78, 5) is 30.1. The van der Waals surface area contributed by atoms with Gasteiger partial charge in [0.05, 0.1) is 23.5 Å². The molecule has 4 rings (SSSR count). The highest BCUT2D eigenvalue weighted by atomic mass is 16.2. The fourth-order valence-corrected chi connectivity index (χ4v) is 3.57. The van der Waals surface area contributed by atoms with Gasteiger partial charge in [0.1, 0.15) is 28.5 Å². The number of fused-ring (bicyclic) bond motifs is 1. The Morgan fingerprint density at radius 2 is 1.97 bits per heavy atom. The Labute approximate surface area is 190 Å². The van der Waals surface area contributed by atoms with Crippen LogP contribution in [0.2, 0.25) is 0 Å². The number of carbonyl (C=O) groups is 1. The molecule has 170 valence electrons. The van der Waals surface area contributed by atoms with Gasteiger partial charge in [-0.15, -0.1) is 0 Å². The van der Waals surface area contributed by atoms with Crippen LogP contribution in [0.25, 0.3) is 22.4 Å². The molecule has 12 nitrogen and oxygen atoms in total. The highest BCUT2D eigenvalue weighted by molar-refractivity contribution is 5.83. The molecule has 0 radical (unpaired) electrons. The van der Waals surface area contributed by atoms with Crippen LogP contribution in [0.5, 0.6) is 0 Å². The molecule has 0 aliphatic carbocycles. The largest absolute Gasteiger partial charge is 0.326 e. The van der Waals surface area contributed by atoms with E-state index in [4.69, 9.17) is 5.53 Å². The van der Waals surface area contributed by atoms with E-state index in [1.54, 1.807) is 44.7 Å². The van der Waals surface area contributed by atoms with Crippen molar-refractivity contribution in [1.82, 2.24) is 39.7 Å². The lowest BCUT2D eigenvalue weighted by Gasteiger charge is -2.22. The van der Waals surface area contributed by atoms with Crippen LogP contribution in [0.3, 0.4) is 0 Å². The smallest absolute Gasteiger partial charge is 0.268 e. The molecule has 4 aromatic heterocycles. The van der Waals surface area contributed by atoms with E-state index in [0.29, 0.717) is 23.0 Å². The summed E-state index contributed by atoms with van der Waals surface area (Å²) in [5.41, 5.74) is 10.4. The van der Waals surface area contributed by atoms with Gasteiger partial charge in [-0.25, -0.2) is 25.4 Å². The third kappa shape index (κ3) is 4.14. The second-order valence-electron chi connectivity index (χ2n) is 8.36. The summed E-state index contributed by atoms with van der Waals surface area (Å²) in [5, 5.41) is 10.4. The number of hydrogen-bond acceptors (Lipinski definition) is 9. The summed E-state index contributed by atoms with van der Waals surface area (Å²) >= 11 is 0. The highest BCUT2D eigenvalue weighted by Crippen LogP contribution is 2.25. The third-order valence-electron chi connectivity index (χ3n) is 5.31. The SMILES string of the molecule is Cc1nc2cnc(Nc3ccnc(-c4cnn(C(C)(C)C(=O)NN=N)c4)n3)cc2n1C(C)C. The Morgan fingerprint density at radius 3 is 2.70 bits per heavy atom. The first kappa shape index (κ1) is 22.0. The van der Waals surface area contributed by atoms with Crippen molar-refractivity contribution in [2.45, 2.75) is 46.2 Å². The minimum atomic E-state index is -1.05. The van der Waals surface area contributed by atoms with Crippen molar-refractivity contribution >= 4 is 28.6 Å². The molecular weight excluding hydrogens is 422 g/mol. The van der Waals surface area contributed by atoms with Crippen molar-refractivity contribution in [1.29, 1.82) is 5.53 Å². The third-order valence-corrected chi connectivity index (χ3v) is 5.31. The van der Waals surface area contributed by atoms with Gasteiger partial charge in [0.15, 0.2) is 5.82 Å². The number of rotatable bonds is 7. The van der Waals surface area contributed by atoms with E-state index in [2.05, 4.69) is 59.4 Å². The summed E-state index contributed by atoms with van der Waals surface area (Å²) < 4.78 is 3.64. The lowest BCUT2D eigenvalue weighted by atomic mass is 10.1. The van der Waals surface area contributed by atoms with Gasteiger partial charge in [-0.3, -0.25) is 9.48 Å². The van der Waals surface area contributed by atoms with Gasteiger partial charge < -0.3 is 9.88 Å². The Hall–Kier alpha value is -4.22. The number of pyridine rings is 1. The first-order chi connectivity index (χ1) is 15.7. The van der Waals surface area contributed by atoms with Gasteiger partial charge in [-0.05, 0) is 40.7 Å². The van der Waals surface area contributed by atoms with E-state index in [0.717, 1.165) is 16.9 Å². The molecule has 0 aliphatic rings. The Morgan fingerprint density at radius 1 is 1.18 bits per heavy atom. The van der Waals surface area contributed by atoms with Crippen molar-refractivity contribution < 1.29 is 4.79 Å². The molecule has 0 spiro atoms. The molecule has 0 unspecified atom stereocenters. The number of anilines is 2. The summed E-state index contributed by atoms with van der Waals surface area (Å²) in [5.74, 6) is 2.13.